The zero-order valence-electron chi connectivity index (χ0n) is 16.6. The Balaban J connectivity index is 2.27. The van der Waals surface area contributed by atoms with Gasteiger partial charge in [0.1, 0.15) is 11.7 Å². The normalized spacial score (nSPS) is 18.8. The summed E-state index contributed by atoms with van der Waals surface area (Å²) in [7, 11) is 3.19. The molecule has 0 aliphatic carbocycles. The number of amides is 5. The van der Waals surface area contributed by atoms with Gasteiger partial charge in [0, 0.05) is 32.9 Å². The first-order chi connectivity index (χ1) is 13.1. The van der Waals surface area contributed by atoms with Crippen LogP contribution >= 0.6 is 0 Å². The van der Waals surface area contributed by atoms with E-state index in [1.54, 1.807) is 29.9 Å². The summed E-state index contributed by atoms with van der Waals surface area (Å²) in [6.45, 7) is 3.68. The predicted octanol–water partition coefficient (Wildman–Crippen LogP) is -0.740. The van der Waals surface area contributed by atoms with Crippen LogP contribution in [0.4, 0.5) is 4.79 Å². The highest BCUT2D eigenvalue weighted by atomic mass is 16.2. The molecule has 2 atom stereocenters. The van der Waals surface area contributed by atoms with Crippen LogP contribution in [-0.4, -0.2) is 76.4 Å². The van der Waals surface area contributed by atoms with Crippen LogP contribution in [0.5, 0.6) is 0 Å². The highest BCUT2D eigenvalue weighted by molar-refractivity contribution is 5.98. The molecule has 2 heterocycles. The summed E-state index contributed by atoms with van der Waals surface area (Å²) < 4.78 is 1.67. The van der Waals surface area contributed by atoms with Crippen molar-refractivity contribution in [2.75, 3.05) is 20.1 Å². The molecule has 4 N–H and O–H groups in total. The fourth-order valence-corrected chi connectivity index (χ4v) is 3.32. The van der Waals surface area contributed by atoms with Crippen molar-refractivity contribution in [3.8, 4) is 0 Å². The lowest BCUT2D eigenvalue weighted by Crippen LogP contribution is -2.57. The Morgan fingerprint density at radius 3 is 2.54 bits per heavy atom. The summed E-state index contributed by atoms with van der Waals surface area (Å²) in [6.07, 6.45) is 2.16. The number of hydrogen-bond donors (Lipinski definition) is 3. The van der Waals surface area contributed by atoms with Crippen molar-refractivity contribution in [3.63, 3.8) is 0 Å². The molecule has 0 unspecified atom stereocenters. The Labute approximate surface area is 164 Å². The second-order valence-corrected chi connectivity index (χ2v) is 7.28. The lowest BCUT2D eigenvalue weighted by molar-refractivity contribution is -0.137. The molecular weight excluding hydrogens is 364 g/mol. The number of urea groups is 1. The maximum absolute atomic E-state index is 13.0. The second-order valence-electron chi connectivity index (χ2n) is 7.28. The van der Waals surface area contributed by atoms with Crippen LogP contribution in [-0.2, 0) is 16.6 Å². The van der Waals surface area contributed by atoms with E-state index in [4.69, 9.17) is 5.73 Å². The van der Waals surface area contributed by atoms with Crippen molar-refractivity contribution < 1.29 is 19.2 Å². The molecule has 1 aliphatic rings. The van der Waals surface area contributed by atoms with E-state index < -0.39 is 29.9 Å². The molecule has 10 nitrogen and oxygen atoms in total. The minimum absolute atomic E-state index is 0.0748. The van der Waals surface area contributed by atoms with Crippen LogP contribution < -0.4 is 16.4 Å². The lowest BCUT2D eigenvalue weighted by atomic mass is 10.1. The van der Waals surface area contributed by atoms with Crippen molar-refractivity contribution in [3.05, 3.63) is 24.0 Å². The van der Waals surface area contributed by atoms with E-state index in [-0.39, 0.29) is 18.5 Å². The molecule has 0 aromatic carbocycles. The Morgan fingerprint density at radius 2 is 2.00 bits per heavy atom. The topological polar surface area (TPSA) is 130 Å². The number of carbonyl (C=O) groups excluding carboxylic acids is 4. The van der Waals surface area contributed by atoms with Gasteiger partial charge in [-0.05, 0) is 32.4 Å². The predicted molar refractivity (Wildman–Crippen MR) is 102 cm³/mol. The maximum atomic E-state index is 13.0. The molecule has 0 bridgehead atoms. The molecule has 1 saturated heterocycles. The number of aromatic nitrogens is 1. The van der Waals surface area contributed by atoms with Gasteiger partial charge >= 0.3 is 6.03 Å². The molecule has 0 spiro atoms. The standard InChI is InChI=1S/C18H28N6O4/c1-11(2)20-18(28)21-12-7-9-24(16(26)13-6-5-8-22(13)3)15(12)17(27)23(4)10-14(19)25/h5-6,8,11-12,15H,7,9-10H2,1-4H3,(H2,19,25)(H2,20,21,28)/t12-,15-/m0/s1. The highest BCUT2D eigenvalue weighted by Crippen LogP contribution is 2.23. The molecular formula is C18H28N6O4. The van der Waals surface area contributed by atoms with E-state index in [1.165, 1.54) is 16.8 Å². The Bertz CT molecular complexity index is 759. The largest absolute Gasteiger partial charge is 0.368 e. The van der Waals surface area contributed by atoms with Crippen molar-refractivity contribution in [1.82, 2.24) is 25.0 Å². The summed E-state index contributed by atoms with van der Waals surface area (Å²) in [5.74, 6) is -1.42. The first kappa shape index (κ1) is 21.3. The number of nitrogens with zero attached hydrogens (tertiary/aromatic N) is 3. The number of nitrogens with one attached hydrogen (secondary N) is 2. The third-order valence-electron chi connectivity index (χ3n) is 4.58. The van der Waals surface area contributed by atoms with Gasteiger partial charge in [0.05, 0.1) is 12.6 Å². The maximum Gasteiger partial charge on any atom is 0.315 e. The Kier molecular flexibility index (Phi) is 6.66. The fraction of sp³-hybridized carbons (Fsp3) is 0.556. The first-order valence-corrected chi connectivity index (χ1v) is 9.14. The average molecular weight is 392 g/mol. The van der Waals surface area contributed by atoms with Crippen LogP contribution in [0.25, 0.3) is 0 Å². The fourth-order valence-electron chi connectivity index (χ4n) is 3.32. The SMILES string of the molecule is CC(C)NC(=O)N[C@H]1CCN(C(=O)c2cccn2C)[C@@H]1C(=O)N(C)CC(N)=O. The number of aryl methyl sites for hydroxylation is 1. The number of likely N-dealkylation sites (tertiary alicyclic amines) is 1. The quantitative estimate of drug-likeness (QED) is 0.589. The van der Waals surface area contributed by atoms with Crippen molar-refractivity contribution >= 4 is 23.8 Å². The van der Waals surface area contributed by atoms with Gasteiger partial charge in [0.15, 0.2) is 0 Å². The molecule has 1 fully saturated rings. The number of hydrogen-bond acceptors (Lipinski definition) is 4. The third-order valence-corrected chi connectivity index (χ3v) is 4.58. The van der Waals surface area contributed by atoms with Crippen LogP contribution in [0.15, 0.2) is 18.3 Å². The van der Waals surface area contributed by atoms with E-state index in [2.05, 4.69) is 10.6 Å². The summed E-state index contributed by atoms with van der Waals surface area (Å²) in [4.78, 5) is 52.0. The monoisotopic (exact) mass is 392 g/mol. The number of carbonyl (C=O) groups is 4. The number of likely N-dealkylation sites (N-methyl/N-ethyl adjacent to an activating group) is 1. The average Bonchev–Trinajstić information content (AvgIpc) is 3.18. The zero-order valence-corrected chi connectivity index (χ0v) is 16.6. The van der Waals surface area contributed by atoms with Gasteiger partial charge in [0.2, 0.25) is 11.8 Å². The van der Waals surface area contributed by atoms with E-state index in [0.717, 1.165) is 0 Å². The summed E-state index contributed by atoms with van der Waals surface area (Å²) in [6, 6.07) is 1.42. The third kappa shape index (κ3) is 4.81. The molecule has 154 valence electrons. The van der Waals surface area contributed by atoms with Gasteiger partial charge in [-0.25, -0.2) is 4.79 Å². The van der Waals surface area contributed by atoms with Crippen molar-refractivity contribution in [2.24, 2.45) is 12.8 Å². The van der Waals surface area contributed by atoms with Gasteiger partial charge in [-0.2, -0.15) is 0 Å². The number of primary amides is 1. The van der Waals surface area contributed by atoms with E-state index in [0.29, 0.717) is 18.7 Å². The highest BCUT2D eigenvalue weighted by Gasteiger charge is 2.44. The van der Waals surface area contributed by atoms with Crippen LogP contribution in [0.2, 0.25) is 0 Å². The van der Waals surface area contributed by atoms with Gasteiger partial charge in [0.25, 0.3) is 5.91 Å². The van der Waals surface area contributed by atoms with E-state index in [1.807, 2.05) is 13.8 Å². The molecule has 1 aromatic rings. The van der Waals surface area contributed by atoms with Crippen LogP contribution in [0.1, 0.15) is 30.8 Å². The molecule has 10 heteroatoms. The lowest BCUT2D eigenvalue weighted by Gasteiger charge is -2.31. The number of rotatable bonds is 6. The number of nitrogens with two attached hydrogens (primary N) is 1. The van der Waals surface area contributed by atoms with E-state index in [9.17, 15) is 19.2 Å². The van der Waals surface area contributed by atoms with Crippen molar-refractivity contribution in [1.29, 1.82) is 0 Å². The Morgan fingerprint density at radius 1 is 1.32 bits per heavy atom. The summed E-state index contributed by atoms with van der Waals surface area (Å²) in [5.41, 5.74) is 5.63. The molecule has 28 heavy (non-hydrogen) atoms. The molecule has 1 aromatic heterocycles. The first-order valence-electron chi connectivity index (χ1n) is 9.14. The smallest absolute Gasteiger partial charge is 0.315 e. The Hall–Kier alpha value is -3.04. The molecule has 2 rings (SSSR count). The minimum Gasteiger partial charge on any atom is -0.368 e. The zero-order chi connectivity index (χ0) is 21.0. The van der Waals surface area contributed by atoms with Crippen LogP contribution in [0.3, 0.4) is 0 Å². The van der Waals surface area contributed by atoms with Gasteiger partial charge in [-0.15, -0.1) is 0 Å². The minimum atomic E-state index is -0.926. The van der Waals surface area contributed by atoms with Gasteiger partial charge in [-0.1, -0.05) is 0 Å². The molecule has 0 radical (unpaired) electrons. The molecule has 5 amide bonds. The molecule has 0 saturated carbocycles. The van der Waals surface area contributed by atoms with E-state index >= 15 is 0 Å². The van der Waals surface area contributed by atoms with Gasteiger partial charge in [-0.3, -0.25) is 14.4 Å². The van der Waals surface area contributed by atoms with Crippen LogP contribution in [0, 0.1) is 0 Å². The van der Waals surface area contributed by atoms with Gasteiger partial charge < -0.3 is 30.7 Å². The molecule has 1 aliphatic heterocycles. The second kappa shape index (κ2) is 8.77. The van der Waals surface area contributed by atoms with Crippen molar-refractivity contribution in [2.45, 2.75) is 38.4 Å². The summed E-state index contributed by atoms with van der Waals surface area (Å²) >= 11 is 0. The summed E-state index contributed by atoms with van der Waals surface area (Å²) in [5, 5.41) is 5.49.